The molecule has 1 fully saturated rings. The van der Waals surface area contributed by atoms with E-state index in [0.29, 0.717) is 30.0 Å². The van der Waals surface area contributed by atoms with Gasteiger partial charge in [0.25, 0.3) is 5.91 Å². The van der Waals surface area contributed by atoms with Crippen molar-refractivity contribution in [3.8, 4) is 17.6 Å². The summed E-state index contributed by atoms with van der Waals surface area (Å²) in [6, 6.07) is 10.2. The SMILES string of the molecule is COc1cc(C#N)ccc1OCC(=O)N(Cc1cccs1)C1CCS(=O)(=O)C1. The van der Waals surface area contributed by atoms with E-state index in [2.05, 4.69) is 0 Å². The van der Waals surface area contributed by atoms with Crippen LogP contribution in [-0.2, 0) is 21.2 Å². The number of nitriles is 1. The molecule has 1 aromatic carbocycles. The maximum atomic E-state index is 12.9. The average molecular weight is 421 g/mol. The minimum Gasteiger partial charge on any atom is -0.493 e. The summed E-state index contributed by atoms with van der Waals surface area (Å²) in [7, 11) is -1.66. The Hall–Kier alpha value is -2.57. The molecule has 2 heterocycles. The average Bonchev–Trinajstić information content (AvgIpc) is 3.33. The van der Waals surface area contributed by atoms with E-state index in [-0.39, 0.29) is 30.1 Å². The van der Waals surface area contributed by atoms with Crippen LogP contribution in [0.4, 0.5) is 0 Å². The quantitative estimate of drug-likeness (QED) is 0.681. The van der Waals surface area contributed by atoms with Crippen LogP contribution in [0.3, 0.4) is 0 Å². The van der Waals surface area contributed by atoms with E-state index in [9.17, 15) is 13.2 Å². The van der Waals surface area contributed by atoms with E-state index >= 15 is 0 Å². The number of sulfone groups is 1. The maximum absolute atomic E-state index is 12.9. The fourth-order valence-corrected chi connectivity index (χ4v) is 5.52. The van der Waals surface area contributed by atoms with Gasteiger partial charge in [-0.1, -0.05) is 6.07 Å². The topological polar surface area (TPSA) is 96.7 Å². The van der Waals surface area contributed by atoms with Crippen LogP contribution in [-0.4, -0.2) is 50.5 Å². The summed E-state index contributed by atoms with van der Waals surface area (Å²) < 4.78 is 34.6. The minimum atomic E-state index is -3.12. The first-order valence-electron chi connectivity index (χ1n) is 8.65. The first-order chi connectivity index (χ1) is 13.4. The molecule has 0 N–H and O–H groups in total. The second-order valence-electron chi connectivity index (χ2n) is 6.42. The second kappa shape index (κ2) is 8.63. The molecule has 1 atom stereocenters. The Morgan fingerprint density at radius 1 is 1.36 bits per heavy atom. The molecule has 0 saturated carbocycles. The van der Waals surface area contributed by atoms with Gasteiger partial charge in [0.15, 0.2) is 27.9 Å². The Kier molecular flexibility index (Phi) is 6.21. The number of carbonyl (C=O) groups excluding carboxylic acids is 1. The lowest BCUT2D eigenvalue weighted by Gasteiger charge is -2.28. The van der Waals surface area contributed by atoms with Crippen molar-refractivity contribution in [2.45, 2.75) is 19.0 Å². The summed E-state index contributed by atoms with van der Waals surface area (Å²) in [5.41, 5.74) is 0.422. The van der Waals surface area contributed by atoms with Gasteiger partial charge in [0, 0.05) is 17.0 Å². The third-order valence-electron chi connectivity index (χ3n) is 4.52. The van der Waals surface area contributed by atoms with Crippen LogP contribution < -0.4 is 9.47 Å². The molecule has 1 aromatic heterocycles. The van der Waals surface area contributed by atoms with Crippen molar-refractivity contribution in [3.63, 3.8) is 0 Å². The summed E-state index contributed by atoms with van der Waals surface area (Å²) in [4.78, 5) is 15.5. The molecule has 28 heavy (non-hydrogen) atoms. The molecule has 3 rings (SSSR count). The molecule has 0 bridgehead atoms. The molecule has 0 radical (unpaired) electrons. The number of amides is 1. The standard InChI is InChI=1S/C19H20N2O5S2/c1-25-18-9-14(10-20)4-5-17(18)26-12-19(22)21(11-16-3-2-7-27-16)15-6-8-28(23,24)13-15/h2-5,7,9,15H,6,8,11-13H2,1H3. The van der Waals surface area contributed by atoms with E-state index in [1.807, 2.05) is 23.6 Å². The molecule has 1 aliphatic rings. The van der Waals surface area contributed by atoms with Crippen LogP contribution in [0.15, 0.2) is 35.7 Å². The second-order valence-corrected chi connectivity index (χ2v) is 9.68. The smallest absolute Gasteiger partial charge is 0.261 e. The highest BCUT2D eigenvalue weighted by atomic mass is 32.2. The van der Waals surface area contributed by atoms with Gasteiger partial charge in [-0.15, -0.1) is 11.3 Å². The number of nitrogens with zero attached hydrogens (tertiary/aromatic N) is 2. The number of thiophene rings is 1. The zero-order chi connectivity index (χ0) is 20.1. The molecule has 7 nitrogen and oxygen atoms in total. The molecule has 9 heteroatoms. The van der Waals surface area contributed by atoms with Crippen molar-refractivity contribution in [1.82, 2.24) is 4.90 Å². The van der Waals surface area contributed by atoms with Crippen molar-refractivity contribution in [1.29, 1.82) is 5.26 Å². The molecule has 2 aromatic rings. The van der Waals surface area contributed by atoms with Crippen LogP contribution >= 0.6 is 11.3 Å². The summed E-state index contributed by atoms with van der Waals surface area (Å²) in [6.45, 7) is 0.106. The minimum absolute atomic E-state index is 0.0235. The lowest BCUT2D eigenvalue weighted by molar-refractivity contribution is -0.135. The Balaban J connectivity index is 1.73. The molecule has 1 amide bonds. The van der Waals surface area contributed by atoms with Gasteiger partial charge in [0.05, 0.1) is 36.8 Å². The first kappa shape index (κ1) is 20.2. The number of hydrogen-bond donors (Lipinski definition) is 0. The van der Waals surface area contributed by atoms with E-state index in [0.717, 1.165) is 4.88 Å². The number of benzene rings is 1. The number of carbonyl (C=O) groups is 1. The molecule has 1 saturated heterocycles. The summed E-state index contributed by atoms with van der Waals surface area (Å²) in [5, 5.41) is 10.9. The highest BCUT2D eigenvalue weighted by Gasteiger charge is 2.35. The predicted molar refractivity (Wildman–Crippen MR) is 105 cm³/mol. The van der Waals surface area contributed by atoms with E-state index < -0.39 is 9.84 Å². The maximum Gasteiger partial charge on any atom is 0.261 e. The van der Waals surface area contributed by atoms with Gasteiger partial charge < -0.3 is 14.4 Å². The Morgan fingerprint density at radius 3 is 2.79 bits per heavy atom. The molecule has 0 aliphatic carbocycles. The van der Waals surface area contributed by atoms with Crippen molar-refractivity contribution in [2.24, 2.45) is 0 Å². The fraction of sp³-hybridized carbons (Fsp3) is 0.368. The highest BCUT2D eigenvalue weighted by molar-refractivity contribution is 7.91. The van der Waals surface area contributed by atoms with Crippen LogP contribution in [0.5, 0.6) is 11.5 Å². The van der Waals surface area contributed by atoms with Gasteiger partial charge in [0.1, 0.15) is 0 Å². The van der Waals surface area contributed by atoms with Crippen LogP contribution in [0.1, 0.15) is 16.9 Å². The molecular formula is C19H20N2O5S2. The number of rotatable bonds is 7. The van der Waals surface area contributed by atoms with Crippen molar-refractivity contribution >= 4 is 27.1 Å². The van der Waals surface area contributed by atoms with Crippen molar-refractivity contribution in [3.05, 3.63) is 46.2 Å². The number of ether oxygens (including phenoxy) is 2. The highest BCUT2D eigenvalue weighted by Crippen LogP contribution is 2.28. The lowest BCUT2D eigenvalue weighted by atomic mass is 10.2. The Labute approximate surface area is 168 Å². The first-order valence-corrected chi connectivity index (χ1v) is 11.3. The van der Waals surface area contributed by atoms with Crippen LogP contribution in [0, 0.1) is 11.3 Å². The monoisotopic (exact) mass is 420 g/mol. The lowest BCUT2D eigenvalue weighted by Crippen LogP contribution is -2.42. The third kappa shape index (κ3) is 4.82. The molecule has 1 unspecified atom stereocenters. The Bertz CT molecular complexity index is 980. The van der Waals surface area contributed by atoms with Gasteiger partial charge >= 0.3 is 0 Å². The van der Waals surface area contributed by atoms with E-state index in [4.69, 9.17) is 14.7 Å². The van der Waals surface area contributed by atoms with Crippen molar-refractivity contribution < 1.29 is 22.7 Å². The van der Waals surface area contributed by atoms with E-state index in [1.54, 1.807) is 17.0 Å². The fourth-order valence-electron chi connectivity index (χ4n) is 3.09. The normalized spacial score (nSPS) is 17.6. The summed E-state index contributed by atoms with van der Waals surface area (Å²) >= 11 is 1.52. The summed E-state index contributed by atoms with van der Waals surface area (Å²) in [5.74, 6) is 0.493. The number of methoxy groups -OCH3 is 1. The molecular weight excluding hydrogens is 400 g/mol. The zero-order valence-corrected chi connectivity index (χ0v) is 17.0. The summed E-state index contributed by atoms with van der Waals surface area (Å²) in [6.07, 6.45) is 0.430. The van der Waals surface area contributed by atoms with Gasteiger partial charge in [-0.3, -0.25) is 4.79 Å². The molecule has 1 aliphatic heterocycles. The van der Waals surface area contributed by atoms with Gasteiger partial charge in [-0.25, -0.2) is 8.42 Å². The van der Waals surface area contributed by atoms with Gasteiger partial charge in [-0.2, -0.15) is 5.26 Å². The van der Waals surface area contributed by atoms with Crippen LogP contribution in [0.2, 0.25) is 0 Å². The van der Waals surface area contributed by atoms with Gasteiger partial charge in [-0.05, 0) is 30.0 Å². The largest absolute Gasteiger partial charge is 0.493 e. The third-order valence-corrected chi connectivity index (χ3v) is 7.13. The van der Waals surface area contributed by atoms with Crippen LogP contribution in [0.25, 0.3) is 0 Å². The van der Waals surface area contributed by atoms with E-state index in [1.165, 1.54) is 24.5 Å². The Morgan fingerprint density at radius 2 is 2.18 bits per heavy atom. The number of hydrogen-bond acceptors (Lipinski definition) is 7. The zero-order valence-electron chi connectivity index (χ0n) is 15.3. The predicted octanol–water partition coefficient (Wildman–Crippen LogP) is 2.22. The molecule has 0 spiro atoms. The van der Waals surface area contributed by atoms with Gasteiger partial charge in [0.2, 0.25) is 0 Å². The van der Waals surface area contributed by atoms with Crippen molar-refractivity contribution in [2.75, 3.05) is 25.2 Å². The molecule has 148 valence electrons.